The standard InChI is InChI=1S/C12H14F6O3Si/c1-21-22(19,20)4-2-3-8-5-9(11(13,14)15)7-10(6-8)12(16,17)18/h5-7,19-20H,2-4H2,1H3. The lowest BCUT2D eigenvalue weighted by atomic mass is 10.0. The highest BCUT2D eigenvalue weighted by atomic mass is 28.4. The topological polar surface area (TPSA) is 49.7 Å². The summed E-state index contributed by atoms with van der Waals surface area (Å²) in [4.78, 5) is 18.6. The van der Waals surface area contributed by atoms with Crippen LogP contribution in [-0.4, -0.2) is 25.5 Å². The summed E-state index contributed by atoms with van der Waals surface area (Å²) in [5.41, 5.74) is -2.95. The van der Waals surface area contributed by atoms with E-state index in [2.05, 4.69) is 4.43 Å². The van der Waals surface area contributed by atoms with Gasteiger partial charge in [-0.15, -0.1) is 0 Å². The molecule has 126 valence electrons. The molecule has 1 aromatic rings. The second-order valence-electron chi connectivity index (χ2n) is 4.71. The van der Waals surface area contributed by atoms with Gasteiger partial charge in [-0.25, -0.2) is 0 Å². The van der Waals surface area contributed by atoms with Gasteiger partial charge in [-0.1, -0.05) is 0 Å². The molecule has 0 fully saturated rings. The zero-order chi connectivity index (χ0) is 17.2. The van der Waals surface area contributed by atoms with Crippen LogP contribution in [0.1, 0.15) is 23.1 Å². The summed E-state index contributed by atoms with van der Waals surface area (Å²) in [5.74, 6) is 0. The summed E-state index contributed by atoms with van der Waals surface area (Å²) in [6.07, 6.45) is -9.96. The largest absolute Gasteiger partial charge is 0.495 e. The van der Waals surface area contributed by atoms with Crippen LogP contribution < -0.4 is 0 Å². The maximum absolute atomic E-state index is 12.6. The molecule has 0 aromatic heterocycles. The van der Waals surface area contributed by atoms with Crippen molar-refractivity contribution in [1.29, 1.82) is 0 Å². The van der Waals surface area contributed by atoms with E-state index in [9.17, 15) is 35.9 Å². The van der Waals surface area contributed by atoms with Crippen LogP contribution in [0.4, 0.5) is 26.3 Å². The summed E-state index contributed by atoms with van der Waals surface area (Å²) in [6.45, 7) is 0. The van der Waals surface area contributed by atoms with Crippen molar-refractivity contribution in [3.63, 3.8) is 0 Å². The molecule has 3 nitrogen and oxygen atoms in total. The van der Waals surface area contributed by atoms with Gasteiger partial charge >= 0.3 is 21.2 Å². The van der Waals surface area contributed by atoms with Crippen LogP contribution in [0, 0.1) is 0 Å². The second-order valence-corrected chi connectivity index (χ2v) is 7.11. The Balaban J connectivity index is 2.99. The minimum atomic E-state index is -4.89. The van der Waals surface area contributed by atoms with Crippen LogP contribution in [0.3, 0.4) is 0 Å². The Morgan fingerprint density at radius 1 is 0.955 bits per heavy atom. The molecule has 2 N–H and O–H groups in total. The number of alkyl halides is 6. The molecule has 0 heterocycles. The first-order chi connectivity index (χ1) is 9.85. The predicted molar refractivity (Wildman–Crippen MR) is 66.8 cm³/mol. The van der Waals surface area contributed by atoms with Gasteiger partial charge in [0.2, 0.25) is 0 Å². The van der Waals surface area contributed by atoms with Crippen molar-refractivity contribution in [3.05, 3.63) is 34.9 Å². The van der Waals surface area contributed by atoms with Crippen LogP contribution >= 0.6 is 0 Å². The lowest BCUT2D eigenvalue weighted by Crippen LogP contribution is -2.37. The molecule has 0 bridgehead atoms. The van der Waals surface area contributed by atoms with E-state index in [-0.39, 0.29) is 30.5 Å². The van der Waals surface area contributed by atoms with E-state index in [1.807, 2.05) is 0 Å². The van der Waals surface area contributed by atoms with Crippen molar-refractivity contribution in [3.8, 4) is 0 Å². The molecule has 10 heteroatoms. The van der Waals surface area contributed by atoms with Gasteiger partial charge in [0.15, 0.2) is 0 Å². The monoisotopic (exact) mass is 348 g/mol. The van der Waals surface area contributed by atoms with Gasteiger partial charge in [0.1, 0.15) is 0 Å². The molecule has 0 saturated carbocycles. The zero-order valence-electron chi connectivity index (χ0n) is 11.4. The van der Waals surface area contributed by atoms with E-state index in [0.29, 0.717) is 12.1 Å². The molecule has 22 heavy (non-hydrogen) atoms. The third kappa shape index (κ3) is 5.59. The van der Waals surface area contributed by atoms with E-state index < -0.39 is 32.3 Å². The maximum Gasteiger partial charge on any atom is 0.495 e. The van der Waals surface area contributed by atoms with Crippen LogP contribution in [0.2, 0.25) is 6.04 Å². The summed E-state index contributed by atoms with van der Waals surface area (Å²) < 4.78 is 80.3. The van der Waals surface area contributed by atoms with Crippen molar-refractivity contribution in [2.45, 2.75) is 31.2 Å². The fraction of sp³-hybridized carbons (Fsp3) is 0.500. The van der Waals surface area contributed by atoms with Crippen LogP contribution in [0.5, 0.6) is 0 Å². The fourth-order valence-corrected chi connectivity index (χ4v) is 2.63. The van der Waals surface area contributed by atoms with Crippen LogP contribution in [0.25, 0.3) is 0 Å². The number of halogens is 6. The van der Waals surface area contributed by atoms with E-state index in [0.717, 1.165) is 7.11 Å². The van der Waals surface area contributed by atoms with E-state index in [4.69, 9.17) is 0 Å². The summed E-state index contributed by atoms with van der Waals surface area (Å²) in [6, 6.07) is 1.08. The average Bonchev–Trinajstić information content (AvgIpc) is 2.36. The second kappa shape index (κ2) is 6.57. The molecule has 0 amide bonds. The van der Waals surface area contributed by atoms with Gasteiger partial charge in [0.25, 0.3) is 0 Å². The zero-order valence-corrected chi connectivity index (χ0v) is 12.4. The van der Waals surface area contributed by atoms with E-state index >= 15 is 0 Å². The van der Waals surface area contributed by atoms with Crippen molar-refractivity contribution >= 4 is 8.80 Å². The SMILES string of the molecule is CO[Si](O)(O)CCCc1cc(C(F)(F)F)cc(C(F)(F)F)c1. The number of hydrogen-bond donors (Lipinski definition) is 2. The van der Waals surface area contributed by atoms with Gasteiger partial charge in [-0.2, -0.15) is 26.3 Å². The molecule has 1 aromatic carbocycles. The van der Waals surface area contributed by atoms with Crippen LogP contribution in [0.15, 0.2) is 18.2 Å². The number of hydrogen-bond acceptors (Lipinski definition) is 3. The number of benzene rings is 1. The Hall–Kier alpha value is -1.10. The van der Waals surface area contributed by atoms with Gasteiger partial charge < -0.3 is 14.0 Å². The lowest BCUT2D eigenvalue weighted by molar-refractivity contribution is -0.143. The summed E-state index contributed by atoms with van der Waals surface area (Å²) in [7, 11) is -2.81. The number of rotatable bonds is 5. The van der Waals surface area contributed by atoms with Gasteiger partial charge in [0, 0.05) is 13.2 Å². The Morgan fingerprint density at radius 3 is 1.77 bits per heavy atom. The molecule has 0 aliphatic heterocycles. The fourth-order valence-electron chi connectivity index (χ4n) is 1.79. The maximum atomic E-state index is 12.6. The first-order valence-electron chi connectivity index (χ1n) is 6.13. The molecule has 0 atom stereocenters. The third-order valence-corrected chi connectivity index (χ3v) is 4.60. The Labute approximate surface area is 123 Å². The summed E-state index contributed by atoms with van der Waals surface area (Å²) in [5, 5.41) is 0. The molecular formula is C12H14F6O3Si. The minimum absolute atomic E-state index is 0.00826. The highest BCUT2D eigenvalue weighted by Gasteiger charge is 2.37. The van der Waals surface area contributed by atoms with E-state index in [1.54, 1.807) is 0 Å². The molecule has 0 radical (unpaired) electrons. The van der Waals surface area contributed by atoms with Crippen molar-refractivity contribution in [2.24, 2.45) is 0 Å². The van der Waals surface area contributed by atoms with Gasteiger partial charge in [-0.3, -0.25) is 0 Å². The highest BCUT2D eigenvalue weighted by Crippen LogP contribution is 2.36. The quantitative estimate of drug-likeness (QED) is 0.635. The average molecular weight is 348 g/mol. The smallest absolute Gasteiger partial charge is 0.390 e. The molecule has 0 spiro atoms. The Bertz CT molecular complexity index is 480. The van der Waals surface area contributed by atoms with Crippen molar-refractivity contribution in [1.82, 2.24) is 0 Å². The number of aryl methyl sites for hydroxylation is 1. The van der Waals surface area contributed by atoms with Crippen molar-refractivity contribution < 1.29 is 40.4 Å². The normalized spacial score (nSPS) is 13.5. The minimum Gasteiger partial charge on any atom is -0.390 e. The summed E-state index contributed by atoms with van der Waals surface area (Å²) >= 11 is 0. The molecular weight excluding hydrogens is 334 g/mol. The van der Waals surface area contributed by atoms with Gasteiger partial charge in [-0.05, 0) is 36.6 Å². The molecule has 0 unspecified atom stereocenters. The molecule has 0 saturated heterocycles. The van der Waals surface area contributed by atoms with E-state index in [1.165, 1.54) is 0 Å². The first kappa shape index (κ1) is 18.9. The Morgan fingerprint density at radius 2 is 1.41 bits per heavy atom. The van der Waals surface area contributed by atoms with Gasteiger partial charge in [0.05, 0.1) is 11.1 Å². The molecule has 0 aliphatic rings. The Kier molecular flexibility index (Phi) is 5.65. The lowest BCUT2D eigenvalue weighted by Gasteiger charge is -2.16. The molecule has 1 rings (SSSR count). The first-order valence-corrected chi connectivity index (χ1v) is 8.14. The molecule has 0 aliphatic carbocycles. The highest BCUT2D eigenvalue weighted by molar-refractivity contribution is 6.57. The third-order valence-electron chi connectivity index (χ3n) is 2.94. The van der Waals surface area contributed by atoms with Crippen LogP contribution in [-0.2, 0) is 23.2 Å². The van der Waals surface area contributed by atoms with Crippen molar-refractivity contribution in [2.75, 3.05) is 7.11 Å². The predicted octanol–water partition coefficient (Wildman–Crippen LogP) is 3.23.